The maximum Gasteiger partial charge on any atom is 0.411 e. The number of hydrogen-bond acceptors (Lipinski definition) is 4. The van der Waals surface area contributed by atoms with Crippen molar-refractivity contribution < 1.29 is 9.53 Å². The van der Waals surface area contributed by atoms with Gasteiger partial charge in [-0.05, 0) is 12.1 Å². The van der Waals surface area contributed by atoms with Gasteiger partial charge in [0.15, 0.2) is 0 Å². The van der Waals surface area contributed by atoms with Crippen LogP contribution in [0.4, 0.5) is 9.80 Å². The molecule has 1 aromatic rings. The van der Waals surface area contributed by atoms with Gasteiger partial charge in [-0.2, -0.15) is 0 Å². The number of anilines is 1. The van der Waals surface area contributed by atoms with E-state index < -0.39 is 6.09 Å². The summed E-state index contributed by atoms with van der Waals surface area (Å²) in [4.78, 5) is 11.7. The summed E-state index contributed by atoms with van der Waals surface area (Å²) in [6.45, 7) is 0.494. The summed E-state index contributed by atoms with van der Waals surface area (Å²) in [5, 5.41) is 3.30. The quantitative estimate of drug-likeness (QED) is 0.733. The van der Waals surface area contributed by atoms with Gasteiger partial charge in [-0.3, -0.25) is 5.32 Å². The third-order valence-electron chi connectivity index (χ3n) is 1.27. The maximum absolute atomic E-state index is 10.7. The van der Waals surface area contributed by atoms with Crippen molar-refractivity contribution in [2.45, 2.75) is 6.54 Å². The van der Waals surface area contributed by atoms with E-state index in [1.807, 2.05) is 6.07 Å². The zero-order chi connectivity index (χ0) is 8.97. The topological polar surface area (TPSA) is 64.3 Å². The number of rotatable bonds is 2. The van der Waals surface area contributed by atoms with Crippen LogP contribution in [0.15, 0.2) is 12.1 Å². The Balaban J connectivity index is 2.58. The van der Waals surface area contributed by atoms with Crippen molar-refractivity contribution >= 4 is 22.4 Å². The Kier molecular flexibility index (Phi) is 3.07. The molecule has 1 heterocycles. The Morgan fingerprint density at radius 3 is 3.00 bits per heavy atom. The normalized spacial score (nSPS) is 9.50. The van der Waals surface area contributed by atoms with E-state index in [4.69, 9.17) is 5.73 Å². The largest absolute Gasteiger partial charge is 0.453 e. The minimum Gasteiger partial charge on any atom is -0.453 e. The van der Waals surface area contributed by atoms with E-state index in [9.17, 15) is 4.79 Å². The smallest absolute Gasteiger partial charge is 0.411 e. The van der Waals surface area contributed by atoms with Gasteiger partial charge in [-0.25, -0.2) is 4.79 Å². The van der Waals surface area contributed by atoms with Gasteiger partial charge in [-0.15, -0.1) is 11.3 Å². The molecule has 0 saturated carbocycles. The minimum absolute atomic E-state index is 0.458. The Bertz CT molecular complexity index is 272. The number of nitrogens with two attached hydrogens (primary N) is 1. The molecule has 0 spiro atoms. The molecule has 1 rings (SSSR count). The van der Waals surface area contributed by atoms with E-state index in [-0.39, 0.29) is 0 Å². The van der Waals surface area contributed by atoms with Crippen LogP contribution in [-0.2, 0) is 11.3 Å². The highest BCUT2D eigenvalue weighted by Gasteiger charge is 2.02. The zero-order valence-electron chi connectivity index (χ0n) is 6.66. The van der Waals surface area contributed by atoms with Crippen LogP contribution in [0.3, 0.4) is 0 Å². The van der Waals surface area contributed by atoms with E-state index in [2.05, 4.69) is 10.1 Å². The fourth-order valence-electron chi connectivity index (χ4n) is 0.706. The molecule has 5 heteroatoms. The molecule has 1 aromatic heterocycles. The predicted molar refractivity (Wildman–Crippen MR) is 48.2 cm³/mol. The van der Waals surface area contributed by atoms with Gasteiger partial charge in [-0.1, -0.05) is 0 Å². The highest BCUT2D eigenvalue weighted by atomic mass is 32.1. The van der Waals surface area contributed by atoms with Gasteiger partial charge in [0.2, 0.25) is 0 Å². The lowest BCUT2D eigenvalue weighted by Crippen LogP contribution is -2.09. The zero-order valence-corrected chi connectivity index (χ0v) is 7.48. The average molecular weight is 186 g/mol. The van der Waals surface area contributed by atoms with Crippen molar-refractivity contribution in [3.8, 4) is 0 Å². The maximum atomic E-state index is 10.7. The second kappa shape index (κ2) is 4.08. The molecule has 0 atom stereocenters. The monoisotopic (exact) mass is 186 g/mol. The molecule has 66 valence electrons. The van der Waals surface area contributed by atoms with E-state index in [1.54, 1.807) is 6.07 Å². The second-order valence-electron chi connectivity index (χ2n) is 2.09. The number of thiophene rings is 1. The van der Waals surface area contributed by atoms with Crippen LogP contribution in [0.25, 0.3) is 0 Å². The first-order valence-electron chi connectivity index (χ1n) is 3.40. The Morgan fingerprint density at radius 2 is 2.50 bits per heavy atom. The molecular formula is C7H10N2O2S. The Labute approximate surface area is 74.3 Å². The summed E-state index contributed by atoms with van der Waals surface area (Å²) >= 11 is 1.44. The number of carbonyl (C=O) groups is 1. The van der Waals surface area contributed by atoms with E-state index in [0.29, 0.717) is 6.54 Å². The SMILES string of the molecule is COC(=O)Nc1ccc(CN)s1. The van der Waals surface area contributed by atoms with Crippen LogP contribution in [0.5, 0.6) is 0 Å². The summed E-state index contributed by atoms with van der Waals surface area (Å²) in [5.41, 5.74) is 5.39. The van der Waals surface area contributed by atoms with Crippen molar-refractivity contribution in [3.05, 3.63) is 17.0 Å². The summed E-state index contributed by atoms with van der Waals surface area (Å²) in [5.74, 6) is 0. The first-order chi connectivity index (χ1) is 5.76. The predicted octanol–water partition coefficient (Wildman–Crippen LogP) is 1.39. The highest BCUT2D eigenvalue weighted by Crippen LogP contribution is 2.21. The molecule has 0 aromatic carbocycles. The molecule has 0 unspecified atom stereocenters. The first-order valence-corrected chi connectivity index (χ1v) is 4.21. The molecule has 0 aliphatic carbocycles. The molecule has 0 aliphatic heterocycles. The molecule has 0 radical (unpaired) electrons. The summed E-state index contributed by atoms with van der Waals surface area (Å²) in [6, 6.07) is 3.67. The fraction of sp³-hybridized carbons (Fsp3) is 0.286. The molecule has 0 bridgehead atoms. The molecule has 0 aliphatic rings. The van der Waals surface area contributed by atoms with E-state index >= 15 is 0 Å². The van der Waals surface area contributed by atoms with Crippen molar-refractivity contribution in [1.29, 1.82) is 0 Å². The molecule has 0 saturated heterocycles. The Morgan fingerprint density at radius 1 is 1.75 bits per heavy atom. The molecule has 1 amide bonds. The lowest BCUT2D eigenvalue weighted by molar-refractivity contribution is 0.187. The van der Waals surface area contributed by atoms with Gasteiger partial charge in [0, 0.05) is 11.4 Å². The van der Waals surface area contributed by atoms with Crippen LogP contribution in [0, 0.1) is 0 Å². The van der Waals surface area contributed by atoms with E-state index in [0.717, 1.165) is 9.88 Å². The number of amides is 1. The standard InChI is InChI=1S/C7H10N2O2S/c1-11-7(10)9-6-3-2-5(4-8)12-6/h2-3H,4,8H2,1H3,(H,9,10). The number of ether oxygens (including phenoxy) is 1. The van der Waals surface area contributed by atoms with Crippen molar-refractivity contribution in [2.75, 3.05) is 12.4 Å². The minimum atomic E-state index is -0.458. The Hall–Kier alpha value is -1.07. The van der Waals surface area contributed by atoms with Crippen molar-refractivity contribution in [3.63, 3.8) is 0 Å². The summed E-state index contributed by atoms with van der Waals surface area (Å²) in [6.07, 6.45) is -0.458. The number of methoxy groups -OCH3 is 1. The van der Waals surface area contributed by atoms with Gasteiger partial charge < -0.3 is 10.5 Å². The van der Waals surface area contributed by atoms with Gasteiger partial charge >= 0.3 is 6.09 Å². The molecule has 0 fully saturated rings. The van der Waals surface area contributed by atoms with E-state index in [1.165, 1.54) is 18.4 Å². The van der Waals surface area contributed by atoms with Gasteiger partial charge in [0.1, 0.15) is 0 Å². The second-order valence-corrected chi connectivity index (χ2v) is 3.25. The van der Waals surface area contributed by atoms with Crippen molar-refractivity contribution in [2.24, 2.45) is 5.73 Å². The third-order valence-corrected chi connectivity index (χ3v) is 2.30. The molecular weight excluding hydrogens is 176 g/mol. The van der Waals surface area contributed by atoms with Gasteiger partial charge in [0.25, 0.3) is 0 Å². The van der Waals surface area contributed by atoms with Crippen LogP contribution in [0.2, 0.25) is 0 Å². The fourth-order valence-corrected chi connectivity index (χ4v) is 1.48. The first kappa shape index (κ1) is 9.02. The van der Waals surface area contributed by atoms with Crippen LogP contribution in [0.1, 0.15) is 4.88 Å². The van der Waals surface area contributed by atoms with Crippen LogP contribution < -0.4 is 11.1 Å². The van der Waals surface area contributed by atoms with Crippen molar-refractivity contribution in [1.82, 2.24) is 0 Å². The molecule has 3 N–H and O–H groups in total. The number of carbonyl (C=O) groups excluding carboxylic acids is 1. The molecule has 4 nitrogen and oxygen atoms in total. The lowest BCUT2D eigenvalue weighted by Gasteiger charge is -1.97. The summed E-state index contributed by atoms with van der Waals surface area (Å²) in [7, 11) is 1.33. The average Bonchev–Trinajstić information content (AvgIpc) is 2.52. The highest BCUT2D eigenvalue weighted by molar-refractivity contribution is 7.16. The van der Waals surface area contributed by atoms with Crippen LogP contribution >= 0.6 is 11.3 Å². The van der Waals surface area contributed by atoms with Crippen LogP contribution in [-0.4, -0.2) is 13.2 Å². The van der Waals surface area contributed by atoms with Gasteiger partial charge in [0.05, 0.1) is 12.1 Å². The summed E-state index contributed by atoms with van der Waals surface area (Å²) < 4.78 is 4.42. The third kappa shape index (κ3) is 2.21. The molecule has 12 heavy (non-hydrogen) atoms. The number of nitrogens with one attached hydrogen (secondary N) is 1. The number of hydrogen-bond donors (Lipinski definition) is 2. The lowest BCUT2D eigenvalue weighted by atomic mass is 10.5.